The van der Waals surface area contributed by atoms with Crippen molar-refractivity contribution in [1.82, 2.24) is 5.32 Å². The Balaban J connectivity index is 2.10. The maximum atomic E-state index is 3.50. The Bertz CT molecular complexity index is 324. The van der Waals surface area contributed by atoms with Gasteiger partial charge in [0.1, 0.15) is 0 Å². The predicted molar refractivity (Wildman–Crippen MR) is 65.0 cm³/mol. The Hall–Kier alpha value is -0.820. The molecule has 1 aromatic carbocycles. The van der Waals surface area contributed by atoms with E-state index in [1.165, 1.54) is 24.0 Å². The smallest absolute Gasteiger partial charge is 0.0384 e. The Morgan fingerprint density at radius 2 is 1.93 bits per heavy atom. The van der Waals surface area contributed by atoms with Crippen molar-refractivity contribution in [2.45, 2.75) is 39.7 Å². The third-order valence-corrected chi connectivity index (χ3v) is 3.40. The summed E-state index contributed by atoms with van der Waals surface area (Å²) in [6.07, 6.45) is 2.42. The van der Waals surface area contributed by atoms with Crippen LogP contribution in [0.4, 0.5) is 0 Å². The van der Waals surface area contributed by atoms with Crippen molar-refractivity contribution in [2.24, 2.45) is 5.41 Å². The predicted octanol–water partition coefficient (Wildman–Crippen LogP) is 3.31. The molecule has 1 saturated heterocycles. The molecule has 0 aromatic heterocycles. The molecular formula is C14H21N. The lowest BCUT2D eigenvalue weighted by Crippen LogP contribution is -2.52. The van der Waals surface area contributed by atoms with Crippen molar-refractivity contribution in [2.75, 3.05) is 6.54 Å². The third kappa shape index (κ3) is 2.07. The number of aryl methyl sites for hydroxylation is 1. The zero-order valence-electron chi connectivity index (χ0n) is 10.0. The zero-order valence-corrected chi connectivity index (χ0v) is 10.0. The minimum Gasteiger partial charge on any atom is -0.309 e. The fourth-order valence-electron chi connectivity index (χ4n) is 2.35. The fraction of sp³-hybridized carbons (Fsp3) is 0.571. The molecule has 1 aliphatic heterocycles. The molecule has 1 N–H and O–H groups in total. The van der Waals surface area contributed by atoms with E-state index in [0.717, 1.165) is 6.54 Å². The number of benzene rings is 1. The standard InChI is InChI=1S/C14H21N/c1-4-5-11-6-8-12(9-7-11)13-14(2,3)10-15-13/h6-9,13,15H,4-5,10H2,1-3H3. The summed E-state index contributed by atoms with van der Waals surface area (Å²) in [5.41, 5.74) is 3.32. The Kier molecular flexibility index (Phi) is 2.83. The molecule has 1 heterocycles. The molecule has 15 heavy (non-hydrogen) atoms. The van der Waals surface area contributed by atoms with E-state index in [-0.39, 0.29) is 0 Å². The first kappa shape index (κ1) is 10.7. The summed E-state index contributed by atoms with van der Waals surface area (Å²) in [7, 11) is 0. The highest BCUT2D eigenvalue weighted by Gasteiger charge is 2.38. The first-order chi connectivity index (χ1) is 7.13. The topological polar surface area (TPSA) is 12.0 Å². The molecule has 82 valence electrons. The molecule has 1 fully saturated rings. The SMILES string of the molecule is CCCc1ccc(C2NCC2(C)C)cc1. The Morgan fingerprint density at radius 1 is 1.27 bits per heavy atom. The maximum absolute atomic E-state index is 3.50. The van der Waals surface area contributed by atoms with Crippen LogP contribution < -0.4 is 5.32 Å². The summed E-state index contributed by atoms with van der Waals surface area (Å²) < 4.78 is 0. The van der Waals surface area contributed by atoms with Gasteiger partial charge in [0, 0.05) is 12.6 Å². The van der Waals surface area contributed by atoms with Gasteiger partial charge in [-0.3, -0.25) is 0 Å². The quantitative estimate of drug-likeness (QED) is 0.794. The van der Waals surface area contributed by atoms with E-state index in [0.29, 0.717) is 11.5 Å². The average molecular weight is 203 g/mol. The van der Waals surface area contributed by atoms with Crippen molar-refractivity contribution in [1.29, 1.82) is 0 Å². The van der Waals surface area contributed by atoms with Crippen LogP contribution >= 0.6 is 0 Å². The van der Waals surface area contributed by atoms with E-state index in [4.69, 9.17) is 0 Å². The van der Waals surface area contributed by atoms with Crippen molar-refractivity contribution >= 4 is 0 Å². The Morgan fingerprint density at radius 3 is 2.33 bits per heavy atom. The summed E-state index contributed by atoms with van der Waals surface area (Å²) in [5.74, 6) is 0. The first-order valence-corrected chi connectivity index (χ1v) is 5.96. The molecule has 0 radical (unpaired) electrons. The summed E-state index contributed by atoms with van der Waals surface area (Å²) in [6, 6.07) is 9.66. The molecule has 1 unspecified atom stereocenters. The minimum atomic E-state index is 0.423. The molecule has 0 spiro atoms. The van der Waals surface area contributed by atoms with Gasteiger partial charge in [-0.1, -0.05) is 51.5 Å². The van der Waals surface area contributed by atoms with Crippen LogP contribution in [0.25, 0.3) is 0 Å². The number of hydrogen-bond acceptors (Lipinski definition) is 1. The summed E-state index contributed by atoms with van der Waals surface area (Å²) in [6.45, 7) is 8.02. The molecule has 1 heteroatoms. The Labute approximate surface area is 92.9 Å². The molecular weight excluding hydrogens is 182 g/mol. The second kappa shape index (κ2) is 3.97. The van der Waals surface area contributed by atoms with Crippen LogP contribution in [0, 0.1) is 5.41 Å². The van der Waals surface area contributed by atoms with Gasteiger partial charge in [-0.15, -0.1) is 0 Å². The lowest BCUT2D eigenvalue weighted by molar-refractivity contribution is 0.128. The van der Waals surface area contributed by atoms with Crippen LogP contribution in [0.5, 0.6) is 0 Å². The van der Waals surface area contributed by atoms with Gasteiger partial charge < -0.3 is 5.32 Å². The average Bonchev–Trinajstić information content (AvgIpc) is 2.20. The van der Waals surface area contributed by atoms with Crippen molar-refractivity contribution < 1.29 is 0 Å². The number of nitrogens with one attached hydrogen (secondary N) is 1. The first-order valence-electron chi connectivity index (χ1n) is 5.96. The van der Waals surface area contributed by atoms with E-state index in [2.05, 4.69) is 50.4 Å². The van der Waals surface area contributed by atoms with Crippen LogP contribution in [0.15, 0.2) is 24.3 Å². The van der Waals surface area contributed by atoms with Gasteiger partial charge in [-0.2, -0.15) is 0 Å². The minimum absolute atomic E-state index is 0.423. The molecule has 1 aliphatic rings. The van der Waals surface area contributed by atoms with Crippen molar-refractivity contribution in [3.05, 3.63) is 35.4 Å². The largest absolute Gasteiger partial charge is 0.309 e. The van der Waals surface area contributed by atoms with Gasteiger partial charge in [-0.25, -0.2) is 0 Å². The van der Waals surface area contributed by atoms with Crippen molar-refractivity contribution in [3.8, 4) is 0 Å². The lowest BCUT2D eigenvalue weighted by Gasteiger charge is -2.46. The number of hydrogen-bond donors (Lipinski definition) is 1. The second-order valence-electron chi connectivity index (χ2n) is 5.29. The second-order valence-corrected chi connectivity index (χ2v) is 5.29. The molecule has 1 atom stereocenters. The van der Waals surface area contributed by atoms with Gasteiger partial charge in [0.2, 0.25) is 0 Å². The van der Waals surface area contributed by atoms with Gasteiger partial charge in [-0.05, 0) is 23.0 Å². The normalized spacial score (nSPS) is 23.5. The maximum Gasteiger partial charge on any atom is 0.0384 e. The van der Waals surface area contributed by atoms with Gasteiger partial charge in [0.25, 0.3) is 0 Å². The monoisotopic (exact) mass is 203 g/mol. The lowest BCUT2D eigenvalue weighted by atomic mass is 9.74. The van der Waals surface area contributed by atoms with Crippen LogP contribution in [0.1, 0.15) is 44.4 Å². The fourth-order valence-corrected chi connectivity index (χ4v) is 2.35. The summed E-state index contributed by atoms with van der Waals surface area (Å²) >= 11 is 0. The van der Waals surface area contributed by atoms with Crippen LogP contribution in [-0.2, 0) is 6.42 Å². The highest BCUT2D eigenvalue weighted by molar-refractivity contribution is 5.28. The molecule has 0 aliphatic carbocycles. The van der Waals surface area contributed by atoms with Crippen LogP contribution in [0.2, 0.25) is 0 Å². The molecule has 0 bridgehead atoms. The van der Waals surface area contributed by atoms with E-state index in [9.17, 15) is 0 Å². The van der Waals surface area contributed by atoms with Crippen molar-refractivity contribution in [3.63, 3.8) is 0 Å². The van der Waals surface area contributed by atoms with Crippen LogP contribution in [0.3, 0.4) is 0 Å². The van der Waals surface area contributed by atoms with Gasteiger partial charge in [0.15, 0.2) is 0 Å². The zero-order chi connectivity index (χ0) is 10.9. The molecule has 2 rings (SSSR count). The van der Waals surface area contributed by atoms with E-state index < -0.39 is 0 Å². The summed E-state index contributed by atoms with van der Waals surface area (Å²) in [4.78, 5) is 0. The van der Waals surface area contributed by atoms with Crippen LogP contribution in [-0.4, -0.2) is 6.54 Å². The van der Waals surface area contributed by atoms with E-state index >= 15 is 0 Å². The third-order valence-electron chi connectivity index (χ3n) is 3.40. The van der Waals surface area contributed by atoms with E-state index in [1.54, 1.807) is 0 Å². The highest BCUT2D eigenvalue weighted by Crippen LogP contribution is 2.39. The molecule has 1 nitrogen and oxygen atoms in total. The molecule has 0 saturated carbocycles. The van der Waals surface area contributed by atoms with Gasteiger partial charge in [0.05, 0.1) is 0 Å². The summed E-state index contributed by atoms with van der Waals surface area (Å²) in [5, 5.41) is 3.50. The highest BCUT2D eigenvalue weighted by atomic mass is 15.0. The molecule has 0 amide bonds. The van der Waals surface area contributed by atoms with Gasteiger partial charge >= 0.3 is 0 Å². The molecule has 1 aromatic rings. The number of rotatable bonds is 3. The van der Waals surface area contributed by atoms with E-state index in [1.807, 2.05) is 0 Å².